The standard InChI is InChI=1S/C15H21NO3/c1-9-8-15(2,3)16(4)12-7-13(19-5)11(14(17)18)6-10(9)12/h6-7,9H,8H2,1-5H3,(H,17,18). The number of rotatable bonds is 2. The molecule has 0 saturated heterocycles. The van der Waals surface area contributed by atoms with E-state index in [1.807, 2.05) is 13.1 Å². The second-order valence-corrected chi connectivity index (χ2v) is 5.89. The van der Waals surface area contributed by atoms with Crippen molar-refractivity contribution in [2.24, 2.45) is 0 Å². The Morgan fingerprint density at radius 2 is 2.11 bits per heavy atom. The van der Waals surface area contributed by atoms with E-state index >= 15 is 0 Å². The van der Waals surface area contributed by atoms with Crippen molar-refractivity contribution in [3.63, 3.8) is 0 Å². The van der Waals surface area contributed by atoms with Gasteiger partial charge in [0, 0.05) is 24.3 Å². The molecule has 4 heteroatoms. The van der Waals surface area contributed by atoms with Crippen molar-refractivity contribution in [2.45, 2.75) is 38.6 Å². The zero-order valence-corrected chi connectivity index (χ0v) is 12.2. The van der Waals surface area contributed by atoms with E-state index in [2.05, 4.69) is 25.7 Å². The topological polar surface area (TPSA) is 49.8 Å². The molecule has 0 saturated carbocycles. The van der Waals surface area contributed by atoms with Crippen LogP contribution in [0.5, 0.6) is 5.75 Å². The van der Waals surface area contributed by atoms with Gasteiger partial charge in [-0.3, -0.25) is 0 Å². The molecule has 1 N–H and O–H groups in total. The van der Waals surface area contributed by atoms with Crippen LogP contribution in [0.3, 0.4) is 0 Å². The SMILES string of the molecule is COc1cc2c(cc1C(=O)O)C(C)CC(C)(C)N2C. The Hall–Kier alpha value is -1.71. The molecule has 0 radical (unpaired) electrons. The van der Waals surface area contributed by atoms with Gasteiger partial charge in [-0.05, 0) is 37.8 Å². The van der Waals surface area contributed by atoms with E-state index in [4.69, 9.17) is 4.74 Å². The van der Waals surface area contributed by atoms with E-state index in [9.17, 15) is 9.90 Å². The number of carbonyl (C=O) groups is 1. The van der Waals surface area contributed by atoms with E-state index in [0.717, 1.165) is 17.7 Å². The molecule has 0 bridgehead atoms. The number of nitrogens with zero attached hydrogens (tertiary/aromatic N) is 1. The number of ether oxygens (including phenoxy) is 1. The van der Waals surface area contributed by atoms with Crippen molar-refractivity contribution < 1.29 is 14.6 Å². The molecule has 1 aliphatic rings. The van der Waals surface area contributed by atoms with Crippen LogP contribution in [0.15, 0.2) is 12.1 Å². The molecule has 0 aliphatic carbocycles. The number of carboxylic acids is 1. The average molecular weight is 263 g/mol. The third-order valence-electron chi connectivity index (χ3n) is 4.19. The van der Waals surface area contributed by atoms with Crippen LogP contribution in [0.1, 0.15) is 49.0 Å². The molecule has 1 aromatic rings. The number of aromatic carboxylic acids is 1. The number of anilines is 1. The van der Waals surface area contributed by atoms with Gasteiger partial charge in [0.1, 0.15) is 11.3 Å². The maximum atomic E-state index is 11.3. The molecule has 2 rings (SSSR count). The Labute approximate surface area is 114 Å². The van der Waals surface area contributed by atoms with Gasteiger partial charge in [0.05, 0.1) is 7.11 Å². The fraction of sp³-hybridized carbons (Fsp3) is 0.533. The summed E-state index contributed by atoms with van der Waals surface area (Å²) >= 11 is 0. The molecule has 1 aliphatic heterocycles. The molecule has 0 aromatic heterocycles. The molecule has 0 fully saturated rings. The second kappa shape index (κ2) is 4.44. The maximum Gasteiger partial charge on any atom is 0.339 e. The van der Waals surface area contributed by atoms with Crippen LogP contribution in [0.2, 0.25) is 0 Å². The summed E-state index contributed by atoms with van der Waals surface area (Å²) in [5.41, 5.74) is 2.44. The zero-order valence-electron chi connectivity index (χ0n) is 12.2. The highest BCUT2D eigenvalue weighted by Crippen LogP contribution is 2.44. The Balaban J connectivity index is 2.64. The fourth-order valence-corrected chi connectivity index (χ4v) is 2.93. The Morgan fingerprint density at radius 1 is 1.47 bits per heavy atom. The van der Waals surface area contributed by atoms with Crippen LogP contribution in [-0.4, -0.2) is 30.8 Å². The first-order valence-electron chi connectivity index (χ1n) is 6.47. The second-order valence-electron chi connectivity index (χ2n) is 5.89. The Kier molecular flexibility index (Phi) is 3.20. The molecule has 0 spiro atoms. The third-order valence-corrected chi connectivity index (χ3v) is 4.19. The van der Waals surface area contributed by atoms with Gasteiger partial charge in [-0.25, -0.2) is 4.79 Å². The van der Waals surface area contributed by atoms with Crippen molar-refractivity contribution in [2.75, 3.05) is 19.1 Å². The van der Waals surface area contributed by atoms with Crippen LogP contribution >= 0.6 is 0 Å². The number of fused-ring (bicyclic) bond motifs is 1. The highest BCUT2D eigenvalue weighted by molar-refractivity contribution is 5.92. The fourth-order valence-electron chi connectivity index (χ4n) is 2.93. The summed E-state index contributed by atoms with van der Waals surface area (Å²) in [7, 11) is 3.55. The molecule has 4 nitrogen and oxygen atoms in total. The molecular formula is C15H21NO3. The Morgan fingerprint density at radius 3 is 2.63 bits per heavy atom. The van der Waals surface area contributed by atoms with E-state index < -0.39 is 5.97 Å². The lowest BCUT2D eigenvalue weighted by Crippen LogP contribution is -2.45. The van der Waals surface area contributed by atoms with Gasteiger partial charge < -0.3 is 14.7 Å². The highest BCUT2D eigenvalue weighted by Gasteiger charge is 2.35. The lowest BCUT2D eigenvalue weighted by atomic mass is 9.80. The molecule has 19 heavy (non-hydrogen) atoms. The summed E-state index contributed by atoms with van der Waals surface area (Å²) in [5.74, 6) is -0.187. The lowest BCUT2D eigenvalue weighted by molar-refractivity contribution is 0.0693. The number of hydrogen-bond acceptors (Lipinski definition) is 3. The summed E-state index contributed by atoms with van der Waals surface area (Å²) in [6.45, 7) is 6.54. The first-order chi connectivity index (χ1) is 8.77. The molecule has 0 amide bonds. The van der Waals surface area contributed by atoms with Crippen molar-refractivity contribution >= 4 is 11.7 Å². The van der Waals surface area contributed by atoms with E-state index in [1.54, 1.807) is 6.07 Å². The minimum absolute atomic E-state index is 0.0577. The highest BCUT2D eigenvalue weighted by atomic mass is 16.5. The number of methoxy groups -OCH3 is 1. The molecule has 1 aromatic carbocycles. The molecule has 1 atom stereocenters. The van der Waals surface area contributed by atoms with Gasteiger partial charge >= 0.3 is 5.97 Å². The molecular weight excluding hydrogens is 242 g/mol. The van der Waals surface area contributed by atoms with E-state index in [-0.39, 0.29) is 11.1 Å². The summed E-state index contributed by atoms with van der Waals surface area (Å²) in [5, 5.41) is 9.26. The first kappa shape index (κ1) is 13.7. The van der Waals surface area contributed by atoms with Crippen LogP contribution in [0, 0.1) is 0 Å². The summed E-state index contributed by atoms with van der Waals surface area (Å²) < 4.78 is 5.22. The van der Waals surface area contributed by atoms with Crippen molar-refractivity contribution in [3.05, 3.63) is 23.3 Å². The van der Waals surface area contributed by atoms with Crippen LogP contribution in [0.4, 0.5) is 5.69 Å². The van der Waals surface area contributed by atoms with Crippen molar-refractivity contribution in [3.8, 4) is 5.75 Å². The number of hydrogen-bond donors (Lipinski definition) is 1. The lowest BCUT2D eigenvalue weighted by Gasteiger charge is -2.45. The summed E-state index contributed by atoms with van der Waals surface area (Å²) in [4.78, 5) is 13.5. The normalized spacial score (nSPS) is 20.9. The van der Waals surface area contributed by atoms with Gasteiger partial charge in [0.2, 0.25) is 0 Å². The largest absolute Gasteiger partial charge is 0.496 e. The van der Waals surface area contributed by atoms with Gasteiger partial charge in [-0.2, -0.15) is 0 Å². The van der Waals surface area contributed by atoms with Crippen LogP contribution in [0.25, 0.3) is 0 Å². The van der Waals surface area contributed by atoms with Gasteiger partial charge in [0.25, 0.3) is 0 Å². The summed E-state index contributed by atoms with van der Waals surface area (Å²) in [6.07, 6.45) is 1.00. The number of carboxylic acid groups (broad SMARTS) is 1. The monoisotopic (exact) mass is 263 g/mol. The molecule has 1 heterocycles. The zero-order chi connectivity index (χ0) is 14.4. The molecule has 1 unspecified atom stereocenters. The maximum absolute atomic E-state index is 11.3. The predicted octanol–water partition coefficient (Wildman–Crippen LogP) is 3.12. The minimum atomic E-state index is -0.945. The first-order valence-corrected chi connectivity index (χ1v) is 6.47. The predicted molar refractivity (Wildman–Crippen MR) is 75.5 cm³/mol. The van der Waals surface area contributed by atoms with Crippen LogP contribution in [-0.2, 0) is 0 Å². The van der Waals surface area contributed by atoms with E-state index in [0.29, 0.717) is 11.7 Å². The third kappa shape index (κ3) is 2.15. The van der Waals surface area contributed by atoms with Gasteiger partial charge in [0.15, 0.2) is 0 Å². The van der Waals surface area contributed by atoms with Crippen LogP contribution < -0.4 is 9.64 Å². The summed E-state index contributed by atoms with van der Waals surface area (Å²) in [6, 6.07) is 3.60. The van der Waals surface area contributed by atoms with Crippen molar-refractivity contribution in [1.29, 1.82) is 0 Å². The molecule has 104 valence electrons. The quantitative estimate of drug-likeness (QED) is 0.890. The van der Waals surface area contributed by atoms with Gasteiger partial charge in [-0.1, -0.05) is 6.92 Å². The van der Waals surface area contributed by atoms with E-state index in [1.165, 1.54) is 7.11 Å². The smallest absolute Gasteiger partial charge is 0.339 e. The van der Waals surface area contributed by atoms with Crippen molar-refractivity contribution in [1.82, 2.24) is 0 Å². The average Bonchev–Trinajstić information content (AvgIpc) is 2.34. The minimum Gasteiger partial charge on any atom is -0.496 e. The number of benzene rings is 1. The Bertz CT molecular complexity index is 522. The van der Waals surface area contributed by atoms with Gasteiger partial charge in [-0.15, -0.1) is 0 Å².